The van der Waals surface area contributed by atoms with E-state index in [-0.39, 0.29) is 17.3 Å². The van der Waals surface area contributed by atoms with E-state index in [2.05, 4.69) is 0 Å². The molecule has 1 aromatic carbocycles. The third-order valence-electron chi connectivity index (χ3n) is 1.93. The number of rotatable bonds is 6. The van der Waals surface area contributed by atoms with Crippen LogP contribution in [0.2, 0.25) is 5.02 Å². The van der Waals surface area contributed by atoms with Crippen LogP contribution in [0, 0.1) is 0 Å². The molecule has 2 N–H and O–H groups in total. The maximum atomic E-state index is 11.8. The predicted molar refractivity (Wildman–Crippen MR) is 63.4 cm³/mol. The molecule has 0 aliphatic rings. The molecule has 0 atom stereocenters. The van der Waals surface area contributed by atoms with Gasteiger partial charge < -0.3 is 10.5 Å². The summed E-state index contributed by atoms with van der Waals surface area (Å²) in [5.74, 6) is -0.0470. The SMILES string of the molecule is NCCOCCS(=O)(=O)c1ccc(Cl)cc1. The number of hydrogen-bond acceptors (Lipinski definition) is 4. The lowest BCUT2D eigenvalue weighted by Crippen LogP contribution is -2.16. The van der Waals surface area contributed by atoms with Gasteiger partial charge in [0.25, 0.3) is 0 Å². The van der Waals surface area contributed by atoms with Crippen LogP contribution in [0.25, 0.3) is 0 Å². The summed E-state index contributed by atoms with van der Waals surface area (Å²) in [5, 5.41) is 0.512. The molecule has 0 amide bonds. The van der Waals surface area contributed by atoms with Gasteiger partial charge >= 0.3 is 0 Å². The zero-order valence-corrected chi connectivity index (χ0v) is 10.3. The monoisotopic (exact) mass is 263 g/mol. The molecule has 0 saturated heterocycles. The molecule has 0 fully saturated rings. The fourth-order valence-electron chi connectivity index (χ4n) is 1.11. The number of sulfone groups is 1. The Labute approximate surface area is 100 Å². The van der Waals surface area contributed by atoms with Crippen molar-refractivity contribution < 1.29 is 13.2 Å². The minimum atomic E-state index is -3.28. The van der Waals surface area contributed by atoms with Gasteiger partial charge in [-0.15, -0.1) is 0 Å². The van der Waals surface area contributed by atoms with Gasteiger partial charge in [-0.25, -0.2) is 8.42 Å². The van der Waals surface area contributed by atoms with Crippen molar-refractivity contribution in [3.63, 3.8) is 0 Å². The fraction of sp³-hybridized carbons (Fsp3) is 0.400. The lowest BCUT2D eigenvalue weighted by atomic mass is 10.4. The second-order valence-electron chi connectivity index (χ2n) is 3.17. The molecular formula is C10H14ClNO3S. The lowest BCUT2D eigenvalue weighted by molar-refractivity contribution is 0.157. The maximum absolute atomic E-state index is 11.8. The first-order valence-corrected chi connectivity index (χ1v) is 6.85. The van der Waals surface area contributed by atoms with Crippen LogP contribution in [0.15, 0.2) is 29.2 Å². The topological polar surface area (TPSA) is 69.4 Å². The lowest BCUT2D eigenvalue weighted by Gasteiger charge is -2.05. The Morgan fingerprint density at radius 1 is 1.19 bits per heavy atom. The average Bonchev–Trinajstić information content (AvgIpc) is 2.25. The van der Waals surface area contributed by atoms with Gasteiger partial charge in [-0.2, -0.15) is 0 Å². The normalized spacial score (nSPS) is 11.6. The summed E-state index contributed by atoms with van der Waals surface area (Å²) in [6.07, 6.45) is 0. The van der Waals surface area contributed by atoms with E-state index >= 15 is 0 Å². The molecule has 16 heavy (non-hydrogen) atoms. The summed E-state index contributed by atoms with van der Waals surface area (Å²) in [4.78, 5) is 0.258. The fourth-order valence-corrected chi connectivity index (χ4v) is 2.36. The third kappa shape index (κ3) is 4.09. The summed E-state index contributed by atoms with van der Waals surface area (Å²) < 4.78 is 28.5. The van der Waals surface area contributed by atoms with Crippen molar-refractivity contribution >= 4 is 21.4 Å². The summed E-state index contributed by atoms with van der Waals surface area (Å²) in [6.45, 7) is 0.916. The second kappa shape index (κ2) is 6.20. The zero-order valence-electron chi connectivity index (χ0n) is 8.73. The average molecular weight is 264 g/mol. The Morgan fingerprint density at radius 3 is 2.38 bits per heavy atom. The molecule has 0 bridgehead atoms. The minimum absolute atomic E-state index is 0.0470. The first-order valence-electron chi connectivity index (χ1n) is 4.82. The molecule has 0 saturated carbocycles. The highest BCUT2D eigenvalue weighted by Gasteiger charge is 2.13. The summed E-state index contributed by atoms with van der Waals surface area (Å²) in [7, 11) is -3.28. The molecule has 0 aliphatic heterocycles. The van der Waals surface area contributed by atoms with Crippen molar-refractivity contribution in [2.75, 3.05) is 25.5 Å². The van der Waals surface area contributed by atoms with Crippen molar-refractivity contribution in [3.8, 4) is 0 Å². The molecule has 0 spiro atoms. The van der Waals surface area contributed by atoms with Gasteiger partial charge in [0.05, 0.1) is 23.9 Å². The zero-order chi connectivity index (χ0) is 12.0. The molecule has 1 aromatic rings. The van der Waals surface area contributed by atoms with Crippen LogP contribution in [-0.2, 0) is 14.6 Å². The molecular weight excluding hydrogens is 250 g/mol. The van der Waals surface area contributed by atoms with Gasteiger partial charge in [-0.3, -0.25) is 0 Å². The highest BCUT2D eigenvalue weighted by molar-refractivity contribution is 7.91. The maximum Gasteiger partial charge on any atom is 0.180 e. The van der Waals surface area contributed by atoms with E-state index in [1.165, 1.54) is 12.1 Å². The van der Waals surface area contributed by atoms with E-state index in [4.69, 9.17) is 22.1 Å². The van der Waals surface area contributed by atoms with Crippen molar-refractivity contribution in [1.82, 2.24) is 0 Å². The largest absolute Gasteiger partial charge is 0.379 e. The Hall–Kier alpha value is -0.620. The molecule has 4 nitrogen and oxygen atoms in total. The van der Waals surface area contributed by atoms with Crippen LogP contribution in [0.3, 0.4) is 0 Å². The Bertz CT molecular complexity index is 416. The van der Waals surface area contributed by atoms with Gasteiger partial charge in [-0.1, -0.05) is 11.6 Å². The first-order chi connectivity index (χ1) is 7.56. The summed E-state index contributed by atoms with van der Waals surface area (Å²) >= 11 is 5.67. The number of halogens is 1. The third-order valence-corrected chi connectivity index (χ3v) is 3.88. The molecule has 1 rings (SSSR count). The highest BCUT2D eigenvalue weighted by Crippen LogP contribution is 2.15. The molecule has 0 aromatic heterocycles. The van der Waals surface area contributed by atoms with Crippen molar-refractivity contribution in [3.05, 3.63) is 29.3 Å². The van der Waals surface area contributed by atoms with E-state index in [9.17, 15) is 8.42 Å². The van der Waals surface area contributed by atoms with Crippen molar-refractivity contribution in [1.29, 1.82) is 0 Å². The number of nitrogens with two attached hydrogens (primary N) is 1. The predicted octanol–water partition coefficient (Wildman–Crippen LogP) is 1.09. The summed E-state index contributed by atoms with van der Waals surface area (Å²) in [6, 6.07) is 6.07. The van der Waals surface area contributed by atoms with Crippen LogP contribution >= 0.6 is 11.6 Å². The highest BCUT2D eigenvalue weighted by atomic mass is 35.5. The van der Waals surface area contributed by atoms with E-state index in [0.717, 1.165) is 0 Å². The smallest absolute Gasteiger partial charge is 0.180 e. The Morgan fingerprint density at radius 2 is 1.81 bits per heavy atom. The van der Waals surface area contributed by atoms with Gasteiger partial charge in [0.1, 0.15) is 0 Å². The standard InChI is InChI=1S/C10H14ClNO3S/c11-9-1-3-10(4-2-9)16(13,14)8-7-15-6-5-12/h1-4H,5-8,12H2. The first kappa shape index (κ1) is 13.4. The Kier molecular flexibility index (Phi) is 5.21. The van der Waals surface area contributed by atoms with Crippen molar-refractivity contribution in [2.45, 2.75) is 4.90 Å². The van der Waals surface area contributed by atoms with Crippen LogP contribution in [-0.4, -0.2) is 33.9 Å². The molecule has 0 heterocycles. The molecule has 0 aliphatic carbocycles. The van der Waals surface area contributed by atoms with Gasteiger partial charge in [-0.05, 0) is 24.3 Å². The summed E-state index contributed by atoms with van der Waals surface area (Å²) in [5.41, 5.74) is 5.22. The molecule has 0 unspecified atom stereocenters. The van der Waals surface area contributed by atoms with Crippen LogP contribution in [0.4, 0.5) is 0 Å². The minimum Gasteiger partial charge on any atom is -0.379 e. The molecule has 90 valence electrons. The van der Waals surface area contributed by atoms with E-state index < -0.39 is 9.84 Å². The van der Waals surface area contributed by atoms with E-state index in [1.807, 2.05) is 0 Å². The Balaban J connectivity index is 2.60. The van der Waals surface area contributed by atoms with Crippen LogP contribution in [0.1, 0.15) is 0 Å². The number of benzene rings is 1. The van der Waals surface area contributed by atoms with Gasteiger partial charge in [0, 0.05) is 11.6 Å². The number of ether oxygens (including phenoxy) is 1. The van der Waals surface area contributed by atoms with E-state index in [1.54, 1.807) is 12.1 Å². The second-order valence-corrected chi connectivity index (χ2v) is 5.72. The molecule has 0 radical (unpaired) electrons. The van der Waals surface area contributed by atoms with Crippen LogP contribution in [0.5, 0.6) is 0 Å². The van der Waals surface area contributed by atoms with E-state index in [0.29, 0.717) is 18.2 Å². The van der Waals surface area contributed by atoms with Crippen molar-refractivity contribution in [2.24, 2.45) is 5.73 Å². The van der Waals surface area contributed by atoms with Gasteiger partial charge in [0.2, 0.25) is 0 Å². The quantitative estimate of drug-likeness (QED) is 0.780. The van der Waals surface area contributed by atoms with Crippen LogP contribution < -0.4 is 5.73 Å². The number of hydrogen-bond donors (Lipinski definition) is 1. The molecule has 6 heteroatoms. The van der Waals surface area contributed by atoms with Gasteiger partial charge in [0.15, 0.2) is 9.84 Å².